The molecule has 17 heavy (non-hydrogen) atoms. The van der Waals surface area contributed by atoms with E-state index in [9.17, 15) is 0 Å². The van der Waals surface area contributed by atoms with Crippen LogP contribution in [0.4, 0.5) is 0 Å². The van der Waals surface area contributed by atoms with Crippen molar-refractivity contribution in [2.24, 2.45) is 17.8 Å². The van der Waals surface area contributed by atoms with E-state index in [0.29, 0.717) is 0 Å². The molecule has 0 rings (SSSR count). The fourth-order valence-corrected chi connectivity index (χ4v) is 2.05. The van der Waals surface area contributed by atoms with E-state index in [4.69, 9.17) is 0 Å². The molecule has 2 unspecified atom stereocenters. The first-order valence-electron chi connectivity index (χ1n) is 8.13. The molecule has 0 spiro atoms. The zero-order chi connectivity index (χ0) is 14.3. The van der Waals surface area contributed by atoms with Crippen molar-refractivity contribution in [1.29, 1.82) is 0 Å². The van der Waals surface area contributed by atoms with Gasteiger partial charge in [0.1, 0.15) is 0 Å². The Morgan fingerprint density at radius 3 is 1.47 bits per heavy atom. The molecule has 0 aliphatic heterocycles. The second kappa shape index (κ2) is 18.4. The van der Waals surface area contributed by atoms with Crippen molar-refractivity contribution in [3.63, 3.8) is 0 Å². The second-order valence-corrected chi connectivity index (χ2v) is 4.79. The Morgan fingerprint density at radius 1 is 0.706 bits per heavy atom. The van der Waals surface area contributed by atoms with Crippen molar-refractivity contribution in [1.82, 2.24) is 0 Å². The van der Waals surface area contributed by atoms with Crippen molar-refractivity contribution >= 4 is 0 Å². The molecule has 0 nitrogen and oxygen atoms in total. The van der Waals surface area contributed by atoms with E-state index in [2.05, 4.69) is 34.6 Å². The van der Waals surface area contributed by atoms with Crippen molar-refractivity contribution in [3.8, 4) is 0 Å². The maximum absolute atomic E-state index is 2.43. The summed E-state index contributed by atoms with van der Waals surface area (Å²) in [6.07, 6.45) is 7.00. The van der Waals surface area contributed by atoms with Crippen LogP contribution in [-0.2, 0) is 0 Å². The first-order chi connectivity index (χ1) is 8.13. The van der Waals surface area contributed by atoms with Crippen LogP contribution < -0.4 is 0 Å². The van der Waals surface area contributed by atoms with Gasteiger partial charge in [0.2, 0.25) is 0 Å². The van der Waals surface area contributed by atoms with Crippen LogP contribution in [0.15, 0.2) is 0 Å². The first-order valence-corrected chi connectivity index (χ1v) is 8.13. The molecule has 0 heteroatoms. The summed E-state index contributed by atoms with van der Waals surface area (Å²) < 4.78 is 0. The minimum absolute atomic E-state index is 0.855. The topological polar surface area (TPSA) is 0 Å². The lowest BCUT2D eigenvalue weighted by molar-refractivity contribution is 0.242. The lowest BCUT2D eigenvalue weighted by Crippen LogP contribution is -2.17. The Morgan fingerprint density at radius 2 is 1.18 bits per heavy atom. The molecule has 0 aliphatic carbocycles. The lowest BCUT2D eigenvalue weighted by atomic mass is 9.79. The third-order valence-corrected chi connectivity index (χ3v) is 3.38. The largest absolute Gasteiger partial charge is 0.0683 e. The number of rotatable bonds is 7. The van der Waals surface area contributed by atoms with E-state index < -0.39 is 0 Å². The molecule has 0 aromatic carbocycles. The zero-order valence-electron chi connectivity index (χ0n) is 14.3. The maximum Gasteiger partial charge on any atom is -0.0386 e. The Labute approximate surface area is 113 Å². The molecule has 0 amide bonds. The highest BCUT2D eigenvalue weighted by Crippen LogP contribution is 2.28. The van der Waals surface area contributed by atoms with Crippen LogP contribution in [0.25, 0.3) is 0 Å². The SMILES string of the molecule is CC.CC.CCCCC(CCC)C(C)C(C)C. The smallest absolute Gasteiger partial charge is 0.0386 e. The van der Waals surface area contributed by atoms with Crippen LogP contribution in [0.5, 0.6) is 0 Å². The molecule has 0 aromatic heterocycles. The van der Waals surface area contributed by atoms with Gasteiger partial charge in [-0.15, -0.1) is 0 Å². The maximum atomic E-state index is 2.43. The lowest BCUT2D eigenvalue weighted by Gasteiger charge is -2.26. The standard InChI is InChI=1S/C13H28.2C2H6/c1-6-8-10-13(9-7-2)12(5)11(3)4;2*1-2/h11-13H,6-10H2,1-5H3;2*1-2H3. The van der Waals surface area contributed by atoms with Crippen LogP contribution in [0.2, 0.25) is 0 Å². The summed E-state index contributed by atoms with van der Waals surface area (Å²) in [6.45, 7) is 19.8. The van der Waals surface area contributed by atoms with Gasteiger partial charge < -0.3 is 0 Å². The van der Waals surface area contributed by atoms with Gasteiger partial charge >= 0.3 is 0 Å². The van der Waals surface area contributed by atoms with Crippen LogP contribution >= 0.6 is 0 Å². The van der Waals surface area contributed by atoms with Gasteiger partial charge in [0.15, 0.2) is 0 Å². The average Bonchev–Trinajstić information content (AvgIpc) is 2.38. The quantitative estimate of drug-likeness (QED) is 0.455. The predicted octanol–water partition coefficient (Wildman–Crippen LogP) is 6.94. The molecule has 0 saturated heterocycles. The Kier molecular flexibility index (Phi) is 24.0. The summed E-state index contributed by atoms with van der Waals surface area (Å²) in [6, 6.07) is 0. The van der Waals surface area contributed by atoms with Crippen molar-refractivity contribution in [3.05, 3.63) is 0 Å². The monoisotopic (exact) mass is 244 g/mol. The number of hydrogen-bond acceptors (Lipinski definition) is 0. The molecule has 0 aliphatic rings. The fourth-order valence-electron chi connectivity index (χ4n) is 2.05. The minimum atomic E-state index is 0.855. The van der Waals surface area contributed by atoms with Crippen LogP contribution in [-0.4, -0.2) is 0 Å². The summed E-state index contributed by atoms with van der Waals surface area (Å²) in [5, 5.41) is 0. The molecule has 0 bridgehead atoms. The molecule has 0 radical (unpaired) electrons. The summed E-state index contributed by atoms with van der Waals surface area (Å²) in [7, 11) is 0. The molecular formula is C17H40. The molecule has 0 N–H and O–H groups in total. The van der Waals surface area contributed by atoms with E-state index >= 15 is 0 Å². The van der Waals surface area contributed by atoms with Gasteiger partial charge in [0.05, 0.1) is 0 Å². The molecule has 0 saturated carbocycles. The summed E-state index contributed by atoms with van der Waals surface area (Å²) in [4.78, 5) is 0. The summed E-state index contributed by atoms with van der Waals surface area (Å²) in [5.41, 5.74) is 0. The second-order valence-electron chi connectivity index (χ2n) is 4.79. The van der Waals surface area contributed by atoms with E-state index in [1.807, 2.05) is 27.7 Å². The van der Waals surface area contributed by atoms with Gasteiger partial charge in [-0.1, -0.05) is 94.4 Å². The van der Waals surface area contributed by atoms with Crippen LogP contribution in [0.3, 0.4) is 0 Å². The van der Waals surface area contributed by atoms with Crippen molar-refractivity contribution in [2.45, 2.75) is 94.4 Å². The van der Waals surface area contributed by atoms with Crippen LogP contribution in [0, 0.1) is 17.8 Å². The highest BCUT2D eigenvalue weighted by Gasteiger charge is 2.18. The average molecular weight is 245 g/mol. The molecule has 0 heterocycles. The molecule has 0 aromatic rings. The van der Waals surface area contributed by atoms with Gasteiger partial charge in [-0.05, 0) is 17.8 Å². The summed E-state index contributed by atoms with van der Waals surface area (Å²) in [5.74, 6) is 2.74. The van der Waals surface area contributed by atoms with Gasteiger partial charge in [-0.3, -0.25) is 0 Å². The van der Waals surface area contributed by atoms with Gasteiger partial charge in [-0.25, -0.2) is 0 Å². The number of hydrogen-bond donors (Lipinski definition) is 0. The van der Waals surface area contributed by atoms with E-state index in [-0.39, 0.29) is 0 Å². The van der Waals surface area contributed by atoms with Gasteiger partial charge in [0, 0.05) is 0 Å². The number of unbranched alkanes of at least 4 members (excludes halogenated alkanes) is 1. The highest BCUT2D eigenvalue weighted by molar-refractivity contribution is 4.68. The van der Waals surface area contributed by atoms with Gasteiger partial charge in [-0.2, -0.15) is 0 Å². The van der Waals surface area contributed by atoms with E-state index in [0.717, 1.165) is 17.8 Å². The first kappa shape index (κ1) is 22.2. The van der Waals surface area contributed by atoms with E-state index in [1.165, 1.54) is 32.1 Å². The fraction of sp³-hybridized carbons (Fsp3) is 1.00. The normalized spacial score (nSPS) is 13.1. The van der Waals surface area contributed by atoms with Crippen molar-refractivity contribution < 1.29 is 0 Å². The third-order valence-electron chi connectivity index (χ3n) is 3.38. The molecule has 0 fully saturated rings. The Balaban J connectivity index is -0.000000439. The van der Waals surface area contributed by atoms with Gasteiger partial charge in [0.25, 0.3) is 0 Å². The van der Waals surface area contributed by atoms with E-state index in [1.54, 1.807) is 0 Å². The zero-order valence-corrected chi connectivity index (χ0v) is 14.3. The molecule has 108 valence electrons. The van der Waals surface area contributed by atoms with Crippen LogP contribution in [0.1, 0.15) is 94.4 Å². The Bertz CT molecular complexity index is 105. The minimum Gasteiger partial charge on any atom is -0.0683 e. The summed E-state index contributed by atoms with van der Waals surface area (Å²) >= 11 is 0. The van der Waals surface area contributed by atoms with Crippen molar-refractivity contribution in [2.75, 3.05) is 0 Å². The predicted molar refractivity (Wildman–Crippen MR) is 84.6 cm³/mol. The third kappa shape index (κ3) is 13.9. The Hall–Kier alpha value is 0. The molecule has 2 atom stereocenters. The molecular weight excluding hydrogens is 204 g/mol. The highest BCUT2D eigenvalue weighted by atomic mass is 14.2.